The normalized spacial score (nSPS) is 11.7. The summed E-state index contributed by atoms with van der Waals surface area (Å²) in [5.74, 6) is 0.879. The van der Waals surface area contributed by atoms with Gasteiger partial charge in [0.15, 0.2) is 5.13 Å². The molecule has 0 fully saturated rings. The Morgan fingerprint density at radius 2 is 1.92 bits per heavy atom. The lowest BCUT2D eigenvalue weighted by Gasteiger charge is -2.23. The average molecular weight is 566 g/mol. The van der Waals surface area contributed by atoms with Gasteiger partial charge in [-0.25, -0.2) is 9.37 Å². The van der Waals surface area contributed by atoms with Gasteiger partial charge in [0.25, 0.3) is 0 Å². The van der Waals surface area contributed by atoms with E-state index >= 15 is 4.39 Å². The maximum absolute atomic E-state index is 15.3. The monoisotopic (exact) mass is 564 g/mol. The van der Waals surface area contributed by atoms with Crippen molar-refractivity contribution in [3.63, 3.8) is 0 Å². The van der Waals surface area contributed by atoms with Crippen molar-refractivity contribution in [1.29, 1.82) is 0 Å². The number of nitrogens with one attached hydrogen (secondary N) is 1. The van der Waals surface area contributed by atoms with Crippen molar-refractivity contribution >= 4 is 57.3 Å². The Morgan fingerprint density at radius 1 is 1.11 bits per heavy atom. The second-order valence-corrected chi connectivity index (χ2v) is 10.3. The number of aromatic nitrogens is 1. The number of benzene rings is 3. The first-order valence-electron chi connectivity index (χ1n) is 10.7. The molecule has 4 aromatic rings. The fourth-order valence-electron chi connectivity index (χ4n) is 3.42. The number of methoxy groups -OCH3 is 2. The van der Waals surface area contributed by atoms with Crippen molar-refractivity contribution in [3.8, 4) is 11.5 Å². The van der Waals surface area contributed by atoms with Gasteiger partial charge in [-0.1, -0.05) is 41.4 Å². The maximum Gasteiger partial charge on any atom is 0.195 e. The molecule has 0 saturated heterocycles. The van der Waals surface area contributed by atoms with E-state index in [4.69, 9.17) is 38.4 Å². The molecule has 1 heterocycles. The zero-order valence-corrected chi connectivity index (χ0v) is 22.5. The molecule has 3 N–H and O–H groups in total. The van der Waals surface area contributed by atoms with E-state index < -0.39 is 12.0 Å². The van der Waals surface area contributed by atoms with Crippen LogP contribution >= 0.6 is 46.5 Å². The molecule has 1 aromatic heterocycles. The van der Waals surface area contributed by atoms with Crippen molar-refractivity contribution in [2.24, 2.45) is 5.73 Å². The smallest absolute Gasteiger partial charge is 0.195 e. The van der Waals surface area contributed by atoms with E-state index in [-0.39, 0.29) is 0 Å². The Balaban J connectivity index is 1.58. The lowest BCUT2D eigenvalue weighted by molar-refractivity contribution is 0.391. The van der Waals surface area contributed by atoms with Gasteiger partial charge in [-0.2, -0.15) is 0 Å². The first kappa shape index (κ1) is 26.4. The molecule has 11 heteroatoms. The summed E-state index contributed by atoms with van der Waals surface area (Å²) in [7, 11) is 3.19. The van der Waals surface area contributed by atoms with Crippen molar-refractivity contribution in [2.75, 3.05) is 23.8 Å². The Bertz CT molecular complexity index is 1330. The van der Waals surface area contributed by atoms with Crippen molar-refractivity contribution in [2.45, 2.75) is 17.6 Å². The number of nitrogens with two attached hydrogens (primary N) is 1. The van der Waals surface area contributed by atoms with Crippen LogP contribution in [0.25, 0.3) is 0 Å². The van der Waals surface area contributed by atoms with Gasteiger partial charge in [-0.05, 0) is 42.3 Å². The molecule has 0 spiro atoms. The summed E-state index contributed by atoms with van der Waals surface area (Å²) < 4.78 is 28.0. The van der Waals surface area contributed by atoms with Gasteiger partial charge < -0.3 is 20.5 Å². The zero-order chi connectivity index (χ0) is 25.7. The first-order chi connectivity index (χ1) is 17.4. The third-order valence-electron chi connectivity index (χ3n) is 5.22. The molecular formula is C25H23Cl2FN4O2S2. The highest BCUT2D eigenvalue weighted by atomic mass is 35.5. The summed E-state index contributed by atoms with van der Waals surface area (Å²) in [5.41, 5.74) is 8.17. The number of hydrogen-bond donors (Lipinski definition) is 2. The lowest BCUT2D eigenvalue weighted by Crippen LogP contribution is -2.20. The summed E-state index contributed by atoms with van der Waals surface area (Å²) >= 11 is 15.4. The zero-order valence-electron chi connectivity index (χ0n) is 19.4. The molecule has 36 heavy (non-hydrogen) atoms. The molecular weight excluding hydrogens is 542 g/mol. The molecule has 0 unspecified atom stereocenters. The summed E-state index contributed by atoms with van der Waals surface area (Å²) in [6.07, 6.45) is 1.04. The van der Waals surface area contributed by atoms with E-state index in [1.54, 1.807) is 44.7 Å². The number of rotatable bonds is 10. The van der Waals surface area contributed by atoms with Crippen LogP contribution in [0.3, 0.4) is 0 Å². The number of anilines is 2. The van der Waals surface area contributed by atoms with E-state index in [1.165, 1.54) is 29.4 Å². The Labute approximate surface area is 227 Å². The minimum absolute atomic E-state index is 0.322. The summed E-state index contributed by atoms with van der Waals surface area (Å²) in [4.78, 5) is 4.74. The molecule has 4 rings (SSSR count). The lowest BCUT2D eigenvalue weighted by atomic mass is 10.1. The van der Waals surface area contributed by atoms with Crippen LogP contribution in [0.15, 0.2) is 71.1 Å². The van der Waals surface area contributed by atoms with Crippen LogP contribution in [0.4, 0.5) is 15.2 Å². The molecule has 3 aromatic carbocycles. The molecule has 0 aliphatic rings. The average Bonchev–Trinajstić information content (AvgIpc) is 3.42. The fourth-order valence-corrected chi connectivity index (χ4v) is 5.62. The van der Waals surface area contributed by atoms with Crippen LogP contribution in [0, 0.1) is 5.82 Å². The van der Waals surface area contributed by atoms with Crippen molar-refractivity contribution in [1.82, 2.24) is 4.98 Å². The van der Waals surface area contributed by atoms with Crippen molar-refractivity contribution < 1.29 is 13.9 Å². The van der Waals surface area contributed by atoms with Gasteiger partial charge in [0, 0.05) is 33.8 Å². The minimum atomic E-state index is -0.663. The molecule has 0 saturated carbocycles. The van der Waals surface area contributed by atoms with Gasteiger partial charge in [0.1, 0.15) is 23.5 Å². The third-order valence-corrected chi connectivity index (χ3v) is 7.82. The van der Waals surface area contributed by atoms with Gasteiger partial charge in [-0.15, -0.1) is 11.3 Å². The molecule has 188 valence electrons. The largest absolute Gasteiger partial charge is 0.497 e. The van der Waals surface area contributed by atoms with Crippen LogP contribution < -0.4 is 24.8 Å². The van der Waals surface area contributed by atoms with Gasteiger partial charge in [0.2, 0.25) is 0 Å². The van der Waals surface area contributed by atoms with E-state index in [0.29, 0.717) is 49.4 Å². The highest BCUT2D eigenvalue weighted by Crippen LogP contribution is 2.39. The Hall–Kier alpha value is -2.69. The minimum Gasteiger partial charge on any atom is -0.497 e. The number of nitrogens with zero attached hydrogens (tertiary/aromatic N) is 2. The second kappa shape index (κ2) is 12.0. The SMILES string of the molecule is COc1ccc(CN(Sc2cc(Cl)c(N[C@@H](N)c3ccccc3Cl)cc2F)c2nccs2)c(OC)c1. The van der Waals surface area contributed by atoms with E-state index in [1.807, 2.05) is 34.0 Å². The van der Waals surface area contributed by atoms with Crippen LogP contribution in [0.5, 0.6) is 11.5 Å². The first-order valence-corrected chi connectivity index (χ1v) is 13.1. The van der Waals surface area contributed by atoms with Crippen LogP contribution in [-0.2, 0) is 6.54 Å². The molecule has 0 bridgehead atoms. The Morgan fingerprint density at radius 3 is 2.61 bits per heavy atom. The maximum atomic E-state index is 15.3. The van der Waals surface area contributed by atoms with E-state index in [0.717, 1.165) is 5.56 Å². The highest BCUT2D eigenvalue weighted by molar-refractivity contribution is 8.00. The third kappa shape index (κ3) is 6.16. The number of ether oxygens (including phenoxy) is 2. The summed E-state index contributed by atoms with van der Waals surface area (Å²) in [5, 5.41) is 6.44. The molecule has 0 amide bonds. The van der Waals surface area contributed by atoms with Crippen LogP contribution in [0.2, 0.25) is 10.0 Å². The van der Waals surface area contributed by atoms with Crippen LogP contribution in [-0.4, -0.2) is 19.2 Å². The second-order valence-electron chi connectivity index (χ2n) is 7.53. The fraction of sp³-hybridized carbons (Fsp3) is 0.160. The van der Waals surface area contributed by atoms with E-state index in [2.05, 4.69) is 10.3 Å². The predicted molar refractivity (Wildman–Crippen MR) is 147 cm³/mol. The van der Waals surface area contributed by atoms with Gasteiger partial charge in [0.05, 0.1) is 36.4 Å². The van der Waals surface area contributed by atoms with E-state index in [9.17, 15) is 0 Å². The van der Waals surface area contributed by atoms with Crippen LogP contribution in [0.1, 0.15) is 17.3 Å². The standard InChI is InChI=1S/C25H23Cl2FN4O2S2/c1-33-16-8-7-15(22(11-16)34-2)14-32(25-30-9-10-35-25)36-23-12-19(27)21(13-20(23)28)31-24(29)17-5-3-4-6-18(17)26/h3-13,24,31H,14,29H2,1-2H3/t24-/m1/s1. The number of thiazole rings is 1. The number of hydrogen-bond acceptors (Lipinski definition) is 8. The molecule has 6 nitrogen and oxygen atoms in total. The molecule has 1 atom stereocenters. The van der Waals surface area contributed by atoms with Gasteiger partial charge >= 0.3 is 0 Å². The highest BCUT2D eigenvalue weighted by Gasteiger charge is 2.20. The quantitative estimate of drug-likeness (QED) is 0.153. The predicted octanol–water partition coefficient (Wildman–Crippen LogP) is 7.39. The summed E-state index contributed by atoms with van der Waals surface area (Å²) in [6, 6.07) is 15.6. The Kier molecular flexibility index (Phi) is 8.81. The molecule has 0 aliphatic carbocycles. The van der Waals surface area contributed by atoms with Crippen molar-refractivity contribution in [3.05, 3.63) is 93.2 Å². The number of halogens is 3. The van der Waals surface area contributed by atoms with Gasteiger partial charge in [-0.3, -0.25) is 4.31 Å². The summed E-state index contributed by atoms with van der Waals surface area (Å²) in [6.45, 7) is 0.403. The molecule has 0 radical (unpaired) electrons. The topological polar surface area (TPSA) is 72.6 Å². The molecule has 0 aliphatic heterocycles.